The predicted octanol–water partition coefficient (Wildman–Crippen LogP) is 1.56. The molecule has 5 heteroatoms. The number of aromatic nitrogens is 3. The molecule has 0 aliphatic carbocycles. The zero-order chi connectivity index (χ0) is 10.7. The van der Waals surface area contributed by atoms with Crippen molar-refractivity contribution in [2.75, 3.05) is 11.1 Å². The molecular formula is C10H13N5. The van der Waals surface area contributed by atoms with Crippen molar-refractivity contribution in [3.05, 3.63) is 36.5 Å². The van der Waals surface area contributed by atoms with Gasteiger partial charge in [-0.1, -0.05) is 0 Å². The van der Waals surface area contributed by atoms with Crippen LogP contribution in [0.5, 0.6) is 0 Å². The van der Waals surface area contributed by atoms with Gasteiger partial charge in [-0.25, -0.2) is 9.97 Å². The number of rotatable bonds is 3. The Balaban J connectivity index is 2.09. The summed E-state index contributed by atoms with van der Waals surface area (Å²) < 4.78 is 0. The van der Waals surface area contributed by atoms with E-state index in [9.17, 15) is 0 Å². The lowest BCUT2D eigenvalue weighted by Crippen LogP contribution is -2.08. The molecule has 2 heterocycles. The lowest BCUT2D eigenvalue weighted by molar-refractivity contribution is 0.810. The molecule has 0 aliphatic rings. The molecule has 78 valence electrons. The molecule has 0 spiro atoms. The number of aromatic amines is 1. The minimum absolute atomic E-state index is 0.113. The lowest BCUT2D eigenvalue weighted by Gasteiger charge is -2.12. The summed E-state index contributed by atoms with van der Waals surface area (Å²) in [6, 6.07) is 3.77. The zero-order valence-corrected chi connectivity index (χ0v) is 8.44. The quantitative estimate of drug-likeness (QED) is 0.707. The van der Waals surface area contributed by atoms with Gasteiger partial charge in [0.25, 0.3) is 0 Å². The lowest BCUT2D eigenvalue weighted by atomic mass is 10.3. The summed E-state index contributed by atoms with van der Waals surface area (Å²) in [5, 5.41) is 3.27. The minimum atomic E-state index is 0.113. The molecule has 2 aromatic rings. The molecule has 0 bridgehead atoms. The van der Waals surface area contributed by atoms with Crippen molar-refractivity contribution in [3.63, 3.8) is 0 Å². The molecule has 0 aromatic carbocycles. The second-order valence-electron chi connectivity index (χ2n) is 3.31. The van der Waals surface area contributed by atoms with E-state index >= 15 is 0 Å². The summed E-state index contributed by atoms with van der Waals surface area (Å²) in [6.45, 7) is 2.02. The number of nitrogens with two attached hydrogens (primary N) is 1. The highest BCUT2D eigenvalue weighted by Gasteiger charge is 2.06. The summed E-state index contributed by atoms with van der Waals surface area (Å²) >= 11 is 0. The SMILES string of the molecule is CC(Nc1ccnc(N)c1)c1ncc[nH]1. The molecule has 4 N–H and O–H groups in total. The maximum atomic E-state index is 5.58. The van der Waals surface area contributed by atoms with Crippen LogP contribution in [0.25, 0.3) is 0 Å². The predicted molar refractivity (Wildman–Crippen MR) is 59.3 cm³/mol. The van der Waals surface area contributed by atoms with Crippen LogP contribution in [0.3, 0.4) is 0 Å². The standard InChI is InChI=1S/C10H13N5/c1-7(10-13-4-5-14-10)15-8-2-3-12-9(11)6-8/h2-7H,1H3,(H,13,14)(H3,11,12,15). The number of imidazole rings is 1. The van der Waals surface area contributed by atoms with Crippen LogP contribution in [-0.4, -0.2) is 15.0 Å². The van der Waals surface area contributed by atoms with Gasteiger partial charge in [-0.05, 0) is 13.0 Å². The first-order valence-electron chi connectivity index (χ1n) is 4.73. The summed E-state index contributed by atoms with van der Waals surface area (Å²) in [7, 11) is 0. The minimum Gasteiger partial charge on any atom is -0.384 e. The third kappa shape index (κ3) is 2.25. The van der Waals surface area contributed by atoms with Crippen LogP contribution in [0, 0.1) is 0 Å². The number of hydrogen-bond donors (Lipinski definition) is 3. The molecule has 2 rings (SSSR count). The highest BCUT2D eigenvalue weighted by Crippen LogP contribution is 2.16. The van der Waals surface area contributed by atoms with Gasteiger partial charge in [0.2, 0.25) is 0 Å². The van der Waals surface area contributed by atoms with Crippen molar-refractivity contribution in [2.24, 2.45) is 0 Å². The van der Waals surface area contributed by atoms with Crippen molar-refractivity contribution in [1.82, 2.24) is 15.0 Å². The second-order valence-corrected chi connectivity index (χ2v) is 3.31. The van der Waals surface area contributed by atoms with Gasteiger partial charge >= 0.3 is 0 Å². The Labute approximate surface area is 87.8 Å². The molecular weight excluding hydrogens is 190 g/mol. The Morgan fingerprint density at radius 3 is 2.93 bits per heavy atom. The molecule has 0 radical (unpaired) electrons. The topological polar surface area (TPSA) is 79.6 Å². The van der Waals surface area contributed by atoms with Crippen molar-refractivity contribution in [2.45, 2.75) is 13.0 Å². The summed E-state index contributed by atoms with van der Waals surface area (Å²) in [6.07, 6.45) is 5.20. The average Bonchev–Trinajstić information content (AvgIpc) is 2.70. The highest BCUT2D eigenvalue weighted by atomic mass is 15.0. The number of nitrogens with zero attached hydrogens (tertiary/aromatic N) is 2. The number of hydrogen-bond acceptors (Lipinski definition) is 4. The van der Waals surface area contributed by atoms with E-state index in [-0.39, 0.29) is 6.04 Å². The van der Waals surface area contributed by atoms with E-state index in [1.165, 1.54) is 0 Å². The molecule has 0 fully saturated rings. The fourth-order valence-corrected chi connectivity index (χ4v) is 1.37. The van der Waals surface area contributed by atoms with Crippen LogP contribution in [-0.2, 0) is 0 Å². The van der Waals surface area contributed by atoms with Crippen LogP contribution in [0.1, 0.15) is 18.8 Å². The van der Waals surface area contributed by atoms with E-state index in [0.29, 0.717) is 5.82 Å². The van der Waals surface area contributed by atoms with Crippen molar-refractivity contribution in [3.8, 4) is 0 Å². The first-order valence-corrected chi connectivity index (χ1v) is 4.73. The summed E-state index contributed by atoms with van der Waals surface area (Å²) in [5.41, 5.74) is 6.51. The van der Waals surface area contributed by atoms with E-state index < -0.39 is 0 Å². The van der Waals surface area contributed by atoms with E-state index in [0.717, 1.165) is 11.5 Å². The monoisotopic (exact) mass is 203 g/mol. The first kappa shape index (κ1) is 9.51. The third-order valence-electron chi connectivity index (χ3n) is 2.09. The van der Waals surface area contributed by atoms with Gasteiger partial charge in [0.05, 0.1) is 6.04 Å². The Kier molecular flexibility index (Phi) is 2.53. The van der Waals surface area contributed by atoms with Crippen LogP contribution in [0.4, 0.5) is 11.5 Å². The van der Waals surface area contributed by atoms with Gasteiger partial charge < -0.3 is 16.0 Å². The average molecular weight is 203 g/mol. The number of pyridine rings is 1. The van der Waals surface area contributed by atoms with E-state index in [2.05, 4.69) is 20.3 Å². The van der Waals surface area contributed by atoms with Gasteiger partial charge in [-0.3, -0.25) is 0 Å². The van der Waals surface area contributed by atoms with Crippen molar-refractivity contribution in [1.29, 1.82) is 0 Å². The largest absolute Gasteiger partial charge is 0.384 e. The third-order valence-corrected chi connectivity index (χ3v) is 2.09. The summed E-state index contributed by atoms with van der Waals surface area (Å²) in [4.78, 5) is 11.1. The molecule has 15 heavy (non-hydrogen) atoms. The number of nitrogen functional groups attached to an aromatic ring is 1. The number of H-pyrrole nitrogens is 1. The van der Waals surface area contributed by atoms with Crippen LogP contribution < -0.4 is 11.1 Å². The fourth-order valence-electron chi connectivity index (χ4n) is 1.37. The smallest absolute Gasteiger partial charge is 0.128 e. The number of nitrogens with one attached hydrogen (secondary N) is 2. The van der Waals surface area contributed by atoms with Gasteiger partial charge in [0.15, 0.2) is 0 Å². The molecule has 0 aliphatic heterocycles. The molecule has 0 saturated carbocycles. The molecule has 0 saturated heterocycles. The van der Waals surface area contributed by atoms with Gasteiger partial charge in [0, 0.05) is 30.3 Å². The van der Waals surface area contributed by atoms with Crippen molar-refractivity contribution < 1.29 is 0 Å². The Bertz CT molecular complexity index is 423. The molecule has 1 atom stereocenters. The molecule has 5 nitrogen and oxygen atoms in total. The Morgan fingerprint density at radius 2 is 2.27 bits per heavy atom. The second kappa shape index (κ2) is 4.00. The molecule has 2 aromatic heterocycles. The van der Waals surface area contributed by atoms with Crippen LogP contribution >= 0.6 is 0 Å². The zero-order valence-electron chi connectivity index (χ0n) is 8.44. The van der Waals surface area contributed by atoms with Crippen LogP contribution in [0.15, 0.2) is 30.7 Å². The van der Waals surface area contributed by atoms with E-state index in [1.807, 2.05) is 13.0 Å². The van der Waals surface area contributed by atoms with Gasteiger partial charge in [-0.15, -0.1) is 0 Å². The van der Waals surface area contributed by atoms with Gasteiger partial charge in [0.1, 0.15) is 11.6 Å². The first-order chi connectivity index (χ1) is 7.25. The molecule has 0 amide bonds. The summed E-state index contributed by atoms with van der Waals surface area (Å²) in [5.74, 6) is 1.40. The normalized spacial score (nSPS) is 12.3. The maximum Gasteiger partial charge on any atom is 0.128 e. The Morgan fingerprint density at radius 1 is 1.40 bits per heavy atom. The fraction of sp³-hybridized carbons (Fsp3) is 0.200. The van der Waals surface area contributed by atoms with E-state index in [4.69, 9.17) is 5.73 Å². The van der Waals surface area contributed by atoms with E-state index in [1.54, 1.807) is 24.7 Å². The Hall–Kier alpha value is -2.04. The molecule has 1 unspecified atom stereocenters. The van der Waals surface area contributed by atoms with Crippen LogP contribution in [0.2, 0.25) is 0 Å². The van der Waals surface area contributed by atoms with Gasteiger partial charge in [-0.2, -0.15) is 0 Å². The number of anilines is 2. The van der Waals surface area contributed by atoms with Crippen molar-refractivity contribution >= 4 is 11.5 Å². The highest BCUT2D eigenvalue weighted by molar-refractivity contribution is 5.50. The maximum absolute atomic E-state index is 5.58.